The predicted molar refractivity (Wildman–Crippen MR) is 111 cm³/mol. The first-order chi connectivity index (χ1) is 13.9. The predicted octanol–water partition coefficient (Wildman–Crippen LogP) is 4.58. The number of rotatable bonds is 5. The van der Waals surface area contributed by atoms with Gasteiger partial charge in [-0.1, -0.05) is 36.4 Å². The number of non-ortho nitro benzene ring substituents is 1. The number of fused-ring (bicyclic) bond motifs is 1. The molecule has 0 unspecified atom stereocenters. The van der Waals surface area contributed by atoms with E-state index in [4.69, 9.17) is 0 Å². The van der Waals surface area contributed by atoms with Gasteiger partial charge in [0, 0.05) is 18.2 Å². The van der Waals surface area contributed by atoms with Gasteiger partial charge >= 0.3 is 5.97 Å². The highest BCUT2D eigenvalue weighted by Gasteiger charge is 2.18. The normalized spacial score (nSPS) is 11.2. The number of methoxy groups -OCH3 is 1. The lowest BCUT2D eigenvalue weighted by atomic mass is 10.0. The lowest BCUT2D eigenvalue weighted by Crippen LogP contribution is -2.13. The van der Waals surface area contributed by atoms with E-state index in [0.29, 0.717) is 0 Å². The number of nitro groups is 1. The smallest absolute Gasteiger partial charge is 0.340 e. The van der Waals surface area contributed by atoms with Gasteiger partial charge in [0.25, 0.3) is 5.69 Å². The Morgan fingerprint density at radius 2 is 1.76 bits per heavy atom. The van der Waals surface area contributed by atoms with Crippen LogP contribution in [-0.2, 0) is 9.53 Å². The Labute approximate surface area is 166 Å². The zero-order chi connectivity index (χ0) is 21.0. The van der Waals surface area contributed by atoms with Crippen LogP contribution in [0.2, 0.25) is 0 Å². The molecule has 7 nitrogen and oxygen atoms in total. The molecular formula is C22H18N2O5. The summed E-state index contributed by atoms with van der Waals surface area (Å²) in [6.45, 7) is 1.81. The summed E-state index contributed by atoms with van der Waals surface area (Å²) in [6, 6.07) is 17.4. The van der Waals surface area contributed by atoms with Crippen molar-refractivity contribution in [1.29, 1.82) is 0 Å². The van der Waals surface area contributed by atoms with Gasteiger partial charge in [-0.15, -0.1) is 0 Å². The first kappa shape index (κ1) is 19.8. The fourth-order valence-electron chi connectivity index (χ4n) is 2.92. The number of anilines is 1. The third-order valence-electron chi connectivity index (χ3n) is 4.43. The summed E-state index contributed by atoms with van der Waals surface area (Å²) < 4.78 is 4.66. The third kappa shape index (κ3) is 4.47. The number of carbonyl (C=O) groups excluding carboxylic acids is 2. The summed E-state index contributed by atoms with van der Waals surface area (Å²) in [5.41, 5.74) is 1.39. The van der Waals surface area contributed by atoms with E-state index in [0.717, 1.165) is 35.1 Å². The van der Waals surface area contributed by atoms with Crippen LogP contribution in [0, 0.1) is 10.1 Å². The van der Waals surface area contributed by atoms with Gasteiger partial charge in [-0.3, -0.25) is 14.9 Å². The largest absolute Gasteiger partial charge is 0.465 e. The molecule has 7 heteroatoms. The van der Waals surface area contributed by atoms with Crippen molar-refractivity contribution in [3.63, 3.8) is 0 Å². The lowest BCUT2D eigenvalue weighted by Gasteiger charge is -2.09. The molecule has 0 atom stereocenters. The van der Waals surface area contributed by atoms with Gasteiger partial charge in [-0.05, 0) is 41.0 Å². The second-order valence-corrected chi connectivity index (χ2v) is 6.36. The molecule has 0 bridgehead atoms. The molecule has 3 aromatic rings. The molecule has 0 spiro atoms. The third-order valence-corrected chi connectivity index (χ3v) is 4.43. The Hall–Kier alpha value is -4.00. The van der Waals surface area contributed by atoms with Crippen molar-refractivity contribution >= 4 is 39.6 Å². The summed E-state index contributed by atoms with van der Waals surface area (Å²) >= 11 is 0. The van der Waals surface area contributed by atoms with Crippen LogP contribution in [-0.4, -0.2) is 23.9 Å². The average Bonchev–Trinajstić information content (AvgIpc) is 2.72. The first-order valence-electron chi connectivity index (χ1n) is 8.74. The van der Waals surface area contributed by atoms with Crippen LogP contribution in [0.5, 0.6) is 0 Å². The minimum absolute atomic E-state index is 0.0909. The number of esters is 1. The number of hydrogen-bond donors (Lipinski definition) is 1. The quantitative estimate of drug-likeness (QED) is 0.298. The van der Waals surface area contributed by atoms with Crippen LogP contribution in [0.25, 0.3) is 16.3 Å². The maximum Gasteiger partial charge on any atom is 0.340 e. The number of nitrogens with zero attached hydrogens (tertiary/aromatic N) is 1. The lowest BCUT2D eigenvalue weighted by molar-refractivity contribution is -0.384. The van der Waals surface area contributed by atoms with Gasteiger partial charge in [0.05, 0.1) is 23.3 Å². The molecule has 3 aromatic carbocycles. The van der Waals surface area contributed by atoms with Crippen molar-refractivity contribution in [2.24, 2.45) is 0 Å². The molecule has 0 radical (unpaired) electrons. The number of hydrogen-bond acceptors (Lipinski definition) is 5. The van der Waals surface area contributed by atoms with Gasteiger partial charge in [-0.2, -0.15) is 0 Å². The minimum Gasteiger partial charge on any atom is -0.465 e. The summed E-state index contributed by atoms with van der Waals surface area (Å²) in [6.07, 6.45) is 1.41. The first-order valence-corrected chi connectivity index (χ1v) is 8.74. The molecule has 146 valence electrons. The minimum atomic E-state index is -0.778. The van der Waals surface area contributed by atoms with Gasteiger partial charge in [-0.25, -0.2) is 4.79 Å². The van der Waals surface area contributed by atoms with Crippen LogP contribution in [0.3, 0.4) is 0 Å². The molecule has 1 N–H and O–H groups in total. The van der Waals surface area contributed by atoms with E-state index in [9.17, 15) is 19.7 Å². The molecule has 1 amide bonds. The maximum atomic E-state index is 12.5. The van der Waals surface area contributed by atoms with Gasteiger partial charge in [0.15, 0.2) is 0 Å². The van der Waals surface area contributed by atoms with Gasteiger partial charge in [0.2, 0.25) is 5.91 Å². The van der Waals surface area contributed by atoms with Crippen molar-refractivity contribution < 1.29 is 19.2 Å². The average molecular weight is 390 g/mol. The molecule has 0 saturated heterocycles. The summed E-state index contributed by atoms with van der Waals surface area (Å²) in [5.74, 6) is -1.24. The van der Waals surface area contributed by atoms with Crippen LogP contribution in [0.15, 0.2) is 66.7 Å². The number of benzene rings is 3. The van der Waals surface area contributed by atoms with Crippen molar-refractivity contribution in [1.82, 2.24) is 0 Å². The van der Waals surface area contributed by atoms with E-state index >= 15 is 0 Å². The van der Waals surface area contributed by atoms with E-state index in [-0.39, 0.29) is 16.9 Å². The van der Waals surface area contributed by atoms with Crippen molar-refractivity contribution in [3.8, 4) is 0 Å². The molecule has 0 aliphatic rings. The number of carbonyl (C=O) groups is 2. The van der Waals surface area contributed by atoms with E-state index < -0.39 is 16.8 Å². The number of nitrogens with one attached hydrogen (secondary N) is 1. The Bertz CT molecular complexity index is 1150. The van der Waals surface area contributed by atoms with E-state index in [1.54, 1.807) is 6.92 Å². The molecule has 0 aromatic heterocycles. The van der Waals surface area contributed by atoms with Gasteiger partial charge < -0.3 is 10.1 Å². The fourth-order valence-corrected chi connectivity index (χ4v) is 2.92. The molecule has 0 fully saturated rings. The Balaban J connectivity index is 1.87. The zero-order valence-electron chi connectivity index (χ0n) is 15.8. The van der Waals surface area contributed by atoms with Crippen LogP contribution >= 0.6 is 0 Å². The summed E-state index contributed by atoms with van der Waals surface area (Å²) in [7, 11) is 1.16. The number of amides is 1. The standard InChI is InChI=1S/C22H18N2O5/c1-14(16-8-7-15-5-3-4-6-17(15)12-16)11-21(25)23-20-10-9-18(24(27)28)13-19(20)22(26)29-2/h3-13H,1-2H3,(H,23,25). The number of nitro benzene ring substituents is 1. The Morgan fingerprint density at radius 1 is 1.03 bits per heavy atom. The summed E-state index contributed by atoms with van der Waals surface area (Å²) in [4.78, 5) is 34.7. The van der Waals surface area contributed by atoms with Crippen LogP contribution in [0.4, 0.5) is 11.4 Å². The Morgan fingerprint density at radius 3 is 2.45 bits per heavy atom. The van der Waals surface area contributed by atoms with E-state index in [1.807, 2.05) is 42.5 Å². The zero-order valence-corrected chi connectivity index (χ0v) is 15.8. The van der Waals surface area contributed by atoms with E-state index in [1.165, 1.54) is 18.2 Å². The number of allylic oxidation sites excluding steroid dienone is 1. The van der Waals surface area contributed by atoms with Crippen molar-refractivity contribution in [2.75, 3.05) is 12.4 Å². The molecular weight excluding hydrogens is 372 g/mol. The molecule has 29 heavy (non-hydrogen) atoms. The molecule has 0 saturated carbocycles. The number of ether oxygens (including phenoxy) is 1. The molecule has 3 rings (SSSR count). The van der Waals surface area contributed by atoms with Crippen molar-refractivity contribution in [2.45, 2.75) is 6.92 Å². The van der Waals surface area contributed by atoms with Gasteiger partial charge in [0.1, 0.15) is 0 Å². The monoisotopic (exact) mass is 390 g/mol. The highest BCUT2D eigenvalue weighted by molar-refractivity contribution is 6.08. The van der Waals surface area contributed by atoms with Crippen molar-refractivity contribution in [3.05, 3.63) is 88.0 Å². The fraction of sp³-hybridized carbons (Fsp3) is 0.0909. The highest BCUT2D eigenvalue weighted by atomic mass is 16.6. The molecule has 0 aliphatic carbocycles. The Kier molecular flexibility index (Phi) is 5.69. The molecule has 0 heterocycles. The van der Waals surface area contributed by atoms with Crippen LogP contribution < -0.4 is 5.32 Å². The van der Waals surface area contributed by atoms with E-state index in [2.05, 4.69) is 10.1 Å². The van der Waals surface area contributed by atoms with Crippen LogP contribution in [0.1, 0.15) is 22.8 Å². The second-order valence-electron chi connectivity index (χ2n) is 6.36. The maximum absolute atomic E-state index is 12.5. The highest BCUT2D eigenvalue weighted by Crippen LogP contribution is 2.24. The SMILES string of the molecule is COC(=O)c1cc([N+](=O)[O-])ccc1NC(=O)C=C(C)c1ccc2ccccc2c1. The summed E-state index contributed by atoms with van der Waals surface area (Å²) in [5, 5.41) is 15.7. The molecule has 0 aliphatic heterocycles. The topological polar surface area (TPSA) is 98.5 Å². The second kappa shape index (κ2) is 8.35.